The largest absolute Gasteiger partial charge is 0.478 e. The number of rotatable bonds is 6. The van der Waals surface area contributed by atoms with Gasteiger partial charge >= 0.3 is 5.97 Å². The molecule has 0 unspecified atom stereocenters. The summed E-state index contributed by atoms with van der Waals surface area (Å²) in [7, 11) is 0. The quantitative estimate of drug-likeness (QED) is 0.553. The van der Waals surface area contributed by atoms with Crippen LogP contribution in [0.1, 0.15) is 16.8 Å². The molecule has 0 aliphatic rings. The molecule has 2 rings (SSSR count). The van der Waals surface area contributed by atoms with Gasteiger partial charge in [0.05, 0.1) is 11.3 Å². The van der Waals surface area contributed by atoms with E-state index in [0.717, 1.165) is 12.5 Å². The fraction of sp³-hybridized carbons (Fsp3) is 0.231. The third-order valence-electron chi connectivity index (χ3n) is 2.81. The van der Waals surface area contributed by atoms with Crippen molar-refractivity contribution >= 4 is 17.3 Å². The van der Waals surface area contributed by atoms with Gasteiger partial charge in [-0.25, -0.2) is 9.18 Å². The van der Waals surface area contributed by atoms with Crippen LogP contribution in [0.2, 0.25) is 0 Å². The van der Waals surface area contributed by atoms with Gasteiger partial charge in [0.2, 0.25) is 0 Å². The first-order valence-corrected chi connectivity index (χ1v) is 6.11. The van der Waals surface area contributed by atoms with E-state index >= 15 is 0 Å². The first kappa shape index (κ1) is 13.9. The number of nitrogens with one attached hydrogen (secondary N) is 1. The fourth-order valence-corrected chi connectivity index (χ4v) is 1.81. The van der Waals surface area contributed by atoms with Crippen LogP contribution in [0.25, 0.3) is 0 Å². The number of nitrogens with two attached hydrogens (primary N) is 1. The highest BCUT2D eigenvalue weighted by atomic mass is 19.1. The molecule has 0 spiro atoms. The number of aromatic carboxylic acids is 1. The third kappa shape index (κ3) is 3.25. The number of halogens is 1. The molecule has 106 valence electrons. The number of nitrogens with zero attached hydrogens (tertiary/aromatic N) is 2. The number of carboxylic acids is 1. The number of aromatic nitrogens is 2. The van der Waals surface area contributed by atoms with E-state index in [9.17, 15) is 9.18 Å². The van der Waals surface area contributed by atoms with Crippen LogP contribution in [-0.4, -0.2) is 27.4 Å². The highest BCUT2D eigenvalue weighted by molar-refractivity contribution is 5.94. The summed E-state index contributed by atoms with van der Waals surface area (Å²) in [6.45, 7) is 1.20. The maximum absolute atomic E-state index is 13.6. The molecule has 4 N–H and O–H groups in total. The van der Waals surface area contributed by atoms with Crippen LogP contribution in [-0.2, 0) is 6.54 Å². The second-order valence-corrected chi connectivity index (χ2v) is 4.27. The highest BCUT2D eigenvalue weighted by Gasteiger charge is 2.12. The Morgan fingerprint density at radius 2 is 2.30 bits per heavy atom. The van der Waals surface area contributed by atoms with Crippen molar-refractivity contribution in [3.05, 3.63) is 42.0 Å². The predicted molar refractivity (Wildman–Crippen MR) is 73.1 cm³/mol. The summed E-state index contributed by atoms with van der Waals surface area (Å²) in [5.74, 6) is -1.74. The van der Waals surface area contributed by atoms with Crippen molar-refractivity contribution in [2.75, 3.05) is 17.6 Å². The van der Waals surface area contributed by atoms with Gasteiger partial charge < -0.3 is 16.2 Å². The molecule has 1 heterocycles. The first-order chi connectivity index (χ1) is 9.58. The second-order valence-electron chi connectivity index (χ2n) is 4.27. The van der Waals surface area contributed by atoms with E-state index in [1.165, 1.54) is 6.07 Å². The number of nitrogen functional groups attached to an aromatic ring is 1. The summed E-state index contributed by atoms with van der Waals surface area (Å²) in [6, 6.07) is 4.05. The lowest BCUT2D eigenvalue weighted by Crippen LogP contribution is -2.10. The van der Waals surface area contributed by atoms with Crippen molar-refractivity contribution in [1.29, 1.82) is 0 Å². The Labute approximate surface area is 115 Å². The van der Waals surface area contributed by atoms with Crippen molar-refractivity contribution in [1.82, 2.24) is 9.78 Å². The molecule has 6 nitrogen and oxygen atoms in total. The van der Waals surface area contributed by atoms with Crippen molar-refractivity contribution in [2.24, 2.45) is 0 Å². The van der Waals surface area contributed by atoms with E-state index in [2.05, 4.69) is 10.4 Å². The Bertz CT molecular complexity index is 599. The van der Waals surface area contributed by atoms with Crippen molar-refractivity contribution in [3.8, 4) is 0 Å². The molecule has 1 aromatic carbocycles. The SMILES string of the molecule is Nc1cc(F)c(NCCCn2cccn2)cc1C(=O)O. The second kappa shape index (κ2) is 6.05. The molecule has 2 aromatic rings. The lowest BCUT2D eigenvalue weighted by atomic mass is 10.1. The van der Waals surface area contributed by atoms with Crippen LogP contribution in [0, 0.1) is 5.82 Å². The number of hydrogen-bond donors (Lipinski definition) is 3. The van der Waals surface area contributed by atoms with Crippen LogP contribution in [0.5, 0.6) is 0 Å². The van der Waals surface area contributed by atoms with Gasteiger partial charge in [0.15, 0.2) is 0 Å². The van der Waals surface area contributed by atoms with Gasteiger partial charge in [-0.3, -0.25) is 4.68 Å². The molecular weight excluding hydrogens is 263 g/mol. The monoisotopic (exact) mass is 278 g/mol. The van der Waals surface area contributed by atoms with Gasteiger partial charge in [0, 0.05) is 31.2 Å². The van der Waals surface area contributed by atoms with E-state index in [4.69, 9.17) is 10.8 Å². The number of aryl methyl sites for hydroxylation is 1. The lowest BCUT2D eigenvalue weighted by molar-refractivity contribution is 0.0698. The molecule has 0 aliphatic carbocycles. The maximum Gasteiger partial charge on any atom is 0.337 e. The minimum Gasteiger partial charge on any atom is -0.478 e. The van der Waals surface area contributed by atoms with E-state index in [-0.39, 0.29) is 16.9 Å². The van der Waals surface area contributed by atoms with Crippen molar-refractivity contribution < 1.29 is 14.3 Å². The Morgan fingerprint density at radius 1 is 1.50 bits per heavy atom. The molecule has 0 amide bonds. The summed E-state index contributed by atoms with van der Waals surface area (Å²) in [4.78, 5) is 10.9. The van der Waals surface area contributed by atoms with Crippen LogP contribution in [0.15, 0.2) is 30.6 Å². The standard InChI is InChI=1S/C13H15FN4O2/c14-10-8-11(15)9(13(19)20)7-12(10)16-3-1-5-18-6-2-4-17-18/h2,4,6-8,16H,1,3,5,15H2,(H,19,20). The maximum atomic E-state index is 13.6. The summed E-state index contributed by atoms with van der Waals surface area (Å²) in [5, 5.41) is 15.8. The smallest absolute Gasteiger partial charge is 0.337 e. The Hall–Kier alpha value is -2.57. The van der Waals surface area contributed by atoms with Crippen LogP contribution < -0.4 is 11.1 Å². The van der Waals surface area contributed by atoms with E-state index in [1.54, 1.807) is 10.9 Å². The third-order valence-corrected chi connectivity index (χ3v) is 2.81. The van der Waals surface area contributed by atoms with Gasteiger partial charge in [0.1, 0.15) is 5.82 Å². The lowest BCUT2D eigenvalue weighted by Gasteiger charge is -2.10. The van der Waals surface area contributed by atoms with Gasteiger partial charge in [-0.2, -0.15) is 5.10 Å². The molecule has 0 radical (unpaired) electrons. The molecule has 20 heavy (non-hydrogen) atoms. The first-order valence-electron chi connectivity index (χ1n) is 6.11. The molecule has 0 aliphatic heterocycles. The number of benzene rings is 1. The van der Waals surface area contributed by atoms with Crippen molar-refractivity contribution in [3.63, 3.8) is 0 Å². The molecule has 7 heteroatoms. The normalized spacial score (nSPS) is 10.4. The molecule has 0 atom stereocenters. The van der Waals surface area contributed by atoms with E-state index in [0.29, 0.717) is 13.1 Å². The fourth-order valence-electron chi connectivity index (χ4n) is 1.81. The summed E-state index contributed by atoms with van der Waals surface area (Å²) in [5.41, 5.74) is 5.39. The van der Waals surface area contributed by atoms with Crippen molar-refractivity contribution in [2.45, 2.75) is 13.0 Å². The van der Waals surface area contributed by atoms with Gasteiger partial charge in [-0.15, -0.1) is 0 Å². The zero-order chi connectivity index (χ0) is 14.5. The number of hydrogen-bond acceptors (Lipinski definition) is 4. The Balaban J connectivity index is 1.95. The zero-order valence-corrected chi connectivity index (χ0v) is 10.7. The number of carboxylic acid groups (broad SMARTS) is 1. The summed E-state index contributed by atoms with van der Waals surface area (Å²) < 4.78 is 15.4. The average Bonchev–Trinajstić information content (AvgIpc) is 2.89. The Morgan fingerprint density at radius 3 is 2.95 bits per heavy atom. The topological polar surface area (TPSA) is 93.2 Å². The predicted octanol–water partition coefficient (Wildman–Crippen LogP) is 1.80. The minimum atomic E-state index is -1.18. The highest BCUT2D eigenvalue weighted by Crippen LogP contribution is 2.22. The van der Waals surface area contributed by atoms with Crippen LogP contribution >= 0.6 is 0 Å². The molecule has 0 saturated heterocycles. The van der Waals surface area contributed by atoms with Crippen LogP contribution in [0.4, 0.5) is 15.8 Å². The van der Waals surface area contributed by atoms with Gasteiger partial charge in [0.25, 0.3) is 0 Å². The number of anilines is 2. The molecule has 1 aromatic heterocycles. The van der Waals surface area contributed by atoms with E-state index < -0.39 is 11.8 Å². The molecular formula is C13H15FN4O2. The van der Waals surface area contributed by atoms with E-state index in [1.807, 2.05) is 12.3 Å². The molecule has 0 fully saturated rings. The molecule has 0 bridgehead atoms. The zero-order valence-electron chi connectivity index (χ0n) is 10.7. The Kier molecular flexibility index (Phi) is 4.19. The van der Waals surface area contributed by atoms with Gasteiger partial charge in [-0.05, 0) is 24.6 Å². The molecule has 0 saturated carbocycles. The average molecular weight is 278 g/mol. The minimum absolute atomic E-state index is 0.0860. The summed E-state index contributed by atoms with van der Waals surface area (Å²) >= 11 is 0. The number of carbonyl (C=O) groups is 1. The summed E-state index contributed by atoms with van der Waals surface area (Å²) in [6.07, 6.45) is 4.26. The van der Waals surface area contributed by atoms with Gasteiger partial charge in [-0.1, -0.05) is 0 Å². The van der Waals surface area contributed by atoms with Crippen LogP contribution in [0.3, 0.4) is 0 Å².